The lowest BCUT2D eigenvalue weighted by Crippen LogP contribution is -2.47. The first-order chi connectivity index (χ1) is 9.08. The Morgan fingerprint density at radius 1 is 1.26 bits per heavy atom. The van der Waals surface area contributed by atoms with Crippen molar-refractivity contribution in [2.24, 2.45) is 5.41 Å². The molecule has 2 rings (SSSR count). The largest absolute Gasteiger partial charge is 0.493 e. The normalized spacial score (nSPS) is 16.8. The van der Waals surface area contributed by atoms with Crippen molar-refractivity contribution in [1.29, 1.82) is 0 Å². The Kier molecular flexibility index (Phi) is 4.71. The Morgan fingerprint density at radius 2 is 1.89 bits per heavy atom. The highest BCUT2D eigenvalue weighted by atomic mass is 79.9. The van der Waals surface area contributed by atoms with Crippen molar-refractivity contribution in [1.82, 2.24) is 5.32 Å². The van der Waals surface area contributed by atoms with Crippen LogP contribution in [0.15, 0.2) is 16.6 Å². The molecule has 0 radical (unpaired) electrons. The summed E-state index contributed by atoms with van der Waals surface area (Å²) in [6, 6.07) is 3.93. The van der Waals surface area contributed by atoms with Gasteiger partial charge >= 0.3 is 0 Å². The molecule has 5 heteroatoms. The van der Waals surface area contributed by atoms with Crippen molar-refractivity contribution in [2.75, 3.05) is 34.0 Å². The number of rotatable bonds is 6. The van der Waals surface area contributed by atoms with Gasteiger partial charge in [0.2, 0.25) is 0 Å². The van der Waals surface area contributed by atoms with Crippen LogP contribution in [-0.4, -0.2) is 34.0 Å². The smallest absolute Gasteiger partial charge is 0.161 e. The van der Waals surface area contributed by atoms with E-state index in [0.717, 1.165) is 47.8 Å². The molecular weight excluding hydrogens is 310 g/mol. The van der Waals surface area contributed by atoms with E-state index in [-0.39, 0.29) is 5.41 Å². The number of methoxy groups -OCH3 is 2. The molecule has 1 N–H and O–H groups in total. The molecule has 19 heavy (non-hydrogen) atoms. The first-order valence-corrected chi connectivity index (χ1v) is 7.06. The van der Waals surface area contributed by atoms with Crippen molar-refractivity contribution < 1.29 is 14.2 Å². The monoisotopic (exact) mass is 329 g/mol. The molecular formula is C14H20BrNO3. The van der Waals surface area contributed by atoms with Gasteiger partial charge in [-0.1, -0.05) is 22.9 Å². The maximum atomic E-state index is 5.32. The van der Waals surface area contributed by atoms with E-state index in [0.29, 0.717) is 0 Å². The number of hydrogen-bond acceptors (Lipinski definition) is 4. The lowest BCUT2D eigenvalue weighted by molar-refractivity contribution is -0.0991. The third-order valence-corrected chi connectivity index (χ3v) is 4.06. The second-order valence-electron chi connectivity index (χ2n) is 5.21. The lowest BCUT2D eigenvalue weighted by atomic mass is 9.89. The molecule has 1 aromatic carbocycles. The molecule has 4 nitrogen and oxygen atoms in total. The zero-order chi connectivity index (χ0) is 13.9. The molecule has 1 fully saturated rings. The van der Waals surface area contributed by atoms with E-state index in [1.807, 2.05) is 12.1 Å². The Labute approximate surface area is 122 Å². The van der Waals surface area contributed by atoms with Gasteiger partial charge in [0, 0.05) is 23.0 Å². The average Bonchev–Trinajstić information content (AvgIpc) is 2.38. The minimum absolute atomic E-state index is 0.281. The summed E-state index contributed by atoms with van der Waals surface area (Å²) >= 11 is 3.56. The van der Waals surface area contributed by atoms with Crippen molar-refractivity contribution in [2.45, 2.75) is 13.5 Å². The molecule has 0 unspecified atom stereocenters. The summed E-state index contributed by atoms with van der Waals surface area (Å²) in [4.78, 5) is 0. The highest BCUT2D eigenvalue weighted by Crippen LogP contribution is 2.33. The van der Waals surface area contributed by atoms with Gasteiger partial charge in [0.15, 0.2) is 11.5 Å². The molecule has 0 saturated carbocycles. The van der Waals surface area contributed by atoms with Gasteiger partial charge in [-0.15, -0.1) is 0 Å². The summed E-state index contributed by atoms with van der Waals surface area (Å²) in [5.41, 5.74) is 1.43. The van der Waals surface area contributed by atoms with Gasteiger partial charge in [-0.2, -0.15) is 0 Å². The molecule has 0 spiro atoms. The molecule has 106 valence electrons. The van der Waals surface area contributed by atoms with Crippen LogP contribution in [0.2, 0.25) is 0 Å². The van der Waals surface area contributed by atoms with E-state index in [4.69, 9.17) is 14.2 Å². The van der Waals surface area contributed by atoms with E-state index in [1.54, 1.807) is 14.2 Å². The van der Waals surface area contributed by atoms with Crippen LogP contribution in [0, 0.1) is 5.41 Å². The highest BCUT2D eigenvalue weighted by Gasteiger charge is 2.32. The number of hydrogen-bond donors (Lipinski definition) is 1. The molecule has 1 saturated heterocycles. The van der Waals surface area contributed by atoms with Gasteiger partial charge in [-0.25, -0.2) is 0 Å². The summed E-state index contributed by atoms with van der Waals surface area (Å²) in [5.74, 6) is 1.48. The molecule has 0 amide bonds. The van der Waals surface area contributed by atoms with E-state index >= 15 is 0 Å². The lowest BCUT2D eigenvalue weighted by Gasteiger charge is -2.38. The van der Waals surface area contributed by atoms with Gasteiger partial charge in [0.05, 0.1) is 27.4 Å². The second kappa shape index (κ2) is 6.11. The van der Waals surface area contributed by atoms with Gasteiger partial charge < -0.3 is 19.5 Å². The number of nitrogens with one attached hydrogen (secondary N) is 1. The van der Waals surface area contributed by atoms with Gasteiger partial charge in [0.25, 0.3) is 0 Å². The van der Waals surface area contributed by atoms with Crippen LogP contribution in [0.3, 0.4) is 0 Å². The van der Waals surface area contributed by atoms with Crippen LogP contribution in [0.1, 0.15) is 12.5 Å². The van der Waals surface area contributed by atoms with E-state index in [9.17, 15) is 0 Å². The van der Waals surface area contributed by atoms with Crippen LogP contribution in [0.4, 0.5) is 0 Å². The topological polar surface area (TPSA) is 39.7 Å². The van der Waals surface area contributed by atoms with Gasteiger partial charge in [0.1, 0.15) is 0 Å². The highest BCUT2D eigenvalue weighted by molar-refractivity contribution is 9.10. The van der Waals surface area contributed by atoms with Crippen LogP contribution < -0.4 is 14.8 Å². The predicted octanol–water partition coefficient (Wildman–Crippen LogP) is 2.59. The summed E-state index contributed by atoms with van der Waals surface area (Å²) < 4.78 is 16.8. The molecule has 1 aliphatic rings. The van der Waals surface area contributed by atoms with Crippen LogP contribution in [0.5, 0.6) is 11.5 Å². The molecule has 1 aromatic rings. The molecule has 0 aliphatic carbocycles. The molecule has 0 aromatic heterocycles. The maximum absolute atomic E-state index is 5.32. The number of halogens is 1. The van der Waals surface area contributed by atoms with Crippen molar-refractivity contribution in [3.63, 3.8) is 0 Å². The standard InChI is InChI=1S/C14H20BrNO3/c1-14(8-19-9-14)7-16-6-10-4-12(17-2)13(18-3)5-11(10)15/h4-5,16H,6-9H2,1-3H3. The molecule has 0 bridgehead atoms. The summed E-state index contributed by atoms with van der Waals surface area (Å²) in [5, 5.41) is 3.47. The summed E-state index contributed by atoms with van der Waals surface area (Å²) in [6.45, 7) is 5.65. The Morgan fingerprint density at radius 3 is 2.42 bits per heavy atom. The molecule has 1 aliphatic heterocycles. The van der Waals surface area contributed by atoms with Gasteiger partial charge in [-0.05, 0) is 17.7 Å². The molecule has 0 atom stereocenters. The predicted molar refractivity (Wildman–Crippen MR) is 77.9 cm³/mol. The van der Waals surface area contributed by atoms with Crippen LogP contribution in [0.25, 0.3) is 0 Å². The summed E-state index contributed by atoms with van der Waals surface area (Å²) in [7, 11) is 3.29. The minimum Gasteiger partial charge on any atom is -0.493 e. The summed E-state index contributed by atoms with van der Waals surface area (Å²) in [6.07, 6.45) is 0. The average molecular weight is 330 g/mol. The third kappa shape index (κ3) is 3.41. The zero-order valence-electron chi connectivity index (χ0n) is 11.6. The first kappa shape index (κ1) is 14.6. The Balaban J connectivity index is 1.99. The van der Waals surface area contributed by atoms with E-state index in [2.05, 4.69) is 28.2 Å². The van der Waals surface area contributed by atoms with Crippen molar-refractivity contribution >= 4 is 15.9 Å². The third-order valence-electron chi connectivity index (χ3n) is 3.32. The van der Waals surface area contributed by atoms with Crippen molar-refractivity contribution in [3.05, 3.63) is 22.2 Å². The minimum atomic E-state index is 0.281. The first-order valence-electron chi connectivity index (χ1n) is 6.27. The SMILES string of the molecule is COc1cc(Br)c(CNCC2(C)COC2)cc1OC. The number of benzene rings is 1. The fraction of sp³-hybridized carbons (Fsp3) is 0.571. The van der Waals surface area contributed by atoms with Crippen LogP contribution >= 0.6 is 15.9 Å². The fourth-order valence-corrected chi connectivity index (χ4v) is 2.55. The van der Waals surface area contributed by atoms with Crippen LogP contribution in [-0.2, 0) is 11.3 Å². The van der Waals surface area contributed by atoms with Crippen molar-refractivity contribution in [3.8, 4) is 11.5 Å². The van der Waals surface area contributed by atoms with E-state index < -0.39 is 0 Å². The zero-order valence-corrected chi connectivity index (χ0v) is 13.2. The second-order valence-corrected chi connectivity index (χ2v) is 6.06. The van der Waals surface area contributed by atoms with E-state index in [1.165, 1.54) is 0 Å². The van der Waals surface area contributed by atoms with Gasteiger partial charge in [-0.3, -0.25) is 0 Å². The fourth-order valence-electron chi connectivity index (χ4n) is 2.08. The quantitative estimate of drug-likeness (QED) is 0.870. The Bertz CT molecular complexity index is 447. The molecule has 1 heterocycles. The number of ether oxygens (including phenoxy) is 3. The maximum Gasteiger partial charge on any atom is 0.161 e. The Hall–Kier alpha value is -0.780.